The predicted octanol–water partition coefficient (Wildman–Crippen LogP) is 0.586. The van der Waals surface area contributed by atoms with Gasteiger partial charge in [0, 0.05) is 24.7 Å². The summed E-state index contributed by atoms with van der Waals surface area (Å²) >= 11 is 0. The molecular weight excluding hydrogens is 288 g/mol. The van der Waals surface area contributed by atoms with E-state index in [2.05, 4.69) is 17.2 Å². The summed E-state index contributed by atoms with van der Waals surface area (Å²) in [6.07, 6.45) is 3.81. The maximum absolute atomic E-state index is 11.6. The van der Waals surface area contributed by atoms with Crippen LogP contribution in [0, 0.1) is 6.92 Å². The molecule has 5 N–H and O–H groups in total. The highest BCUT2D eigenvalue weighted by Crippen LogP contribution is 2.39. The second-order valence-corrected chi connectivity index (χ2v) is 4.47. The summed E-state index contributed by atoms with van der Waals surface area (Å²) < 4.78 is 0. The van der Waals surface area contributed by atoms with Crippen LogP contribution in [0.1, 0.15) is 11.1 Å². The number of phenols is 3. The van der Waals surface area contributed by atoms with Crippen molar-refractivity contribution in [2.75, 3.05) is 6.54 Å². The number of nitrogens with one attached hydrogen (secondary N) is 2. The largest absolute Gasteiger partial charge is 0.504 e. The highest BCUT2D eigenvalue weighted by atomic mass is 16.3. The minimum Gasteiger partial charge on any atom is -0.504 e. The van der Waals surface area contributed by atoms with Crippen molar-refractivity contribution in [2.24, 2.45) is 0 Å². The Bertz CT molecular complexity index is 623. The van der Waals surface area contributed by atoms with Gasteiger partial charge in [-0.15, -0.1) is 0 Å². The van der Waals surface area contributed by atoms with Crippen molar-refractivity contribution in [3.8, 4) is 17.2 Å². The van der Waals surface area contributed by atoms with Crippen LogP contribution in [-0.4, -0.2) is 33.7 Å². The Morgan fingerprint density at radius 3 is 2.45 bits per heavy atom. The zero-order valence-electron chi connectivity index (χ0n) is 12.1. The third kappa shape index (κ3) is 4.55. The first-order chi connectivity index (χ1) is 10.4. The van der Waals surface area contributed by atoms with Gasteiger partial charge >= 0.3 is 0 Å². The van der Waals surface area contributed by atoms with Crippen LogP contribution < -0.4 is 10.6 Å². The van der Waals surface area contributed by atoms with Crippen LogP contribution in [0.2, 0.25) is 0 Å². The molecule has 0 aliphatic carbocycles. The van der Waals surface area contributed by atoms with Gasteiger partial charge in [0.2, 0.25) is 17.6 Å². The van der Waals surface area contributed by atoms with Gasteiger partial charge in [0.15, 0.2) is 11.5 Å². The maximum Gasteiger partial charge on any atom is 0.243 e. The Hall–Kier alpha value is -2.96. The molecule has 0 saturated heterocycles. The van der Waals surface area contributed by atoms with Crippen molar-refractivity contribution in [1.29, 1.82) is 0 Å². The maximum atomic E-state index is 11.6. The molecule has 0 aromatic heterocycles. The number of phenolic OH excluding ortho intramolecular Hbond substituents is 3. The number of hydrogen-bond donors (Lipinski definition) is 5. The first kappa shape index (κ1) is 17.1. The molecule has 118 valence electrons. The molecule has 1 rings (SSSR count). The molecule has 2 amide bonds. The second kappa shape index (κ2) is 7.72. The van der Waals surface area contributed by atoms with Crippen LogP contribution in [0.4, 0.5) is 0 Å². The summed E-state index contributed by atoms with van der Waals surface area (Å²) in [6, 6.07) is 1.46. The molecule has 0 bridgehead atoms. The van der Waals surface area contributed by atoms with Gasteiger partial charge in [-0.1, -0.05) is 12.7 Å². The van der Waals surface area contributed by atoms with Crippen molar-refractivity contribution < 1.29 is 24.9 Å². The van der Waals surface area contributed by atoms with Crippen LogP contribution >= 0.6 is 0 Å². The van der Waals surface area contributed by atoms with Crippen LogP contribution in [0.15, 0.2) is 30.9 Å². The number of carbonyl (C=O) groups excluding carboxylic acids is 2. The standard InChI is InChI=1S/C15H18N2O5/c1-3-11(18)16-6-4-5-12(19)17-8-10-7-9(2)13(20)15(22)14(10)21/h3-5,7,20-22H,1,6,8H2,2H3,(H,16,18)(H,17,19)/b5-4+. The molecule has 1 aromatic carbocycles. The van der Waals surface area contributed by atoms with Gasteiger partial charge in [-0.25, -0.2) is 0 Å². The monoisotopic (exact) mass is 306 g/mol. The van der Waals surface area contributed by atoms with Crippen LogP contribution in [0.25, 0.3) is 0 Å². The summed E-state index contributed by atoms with van der Waals surface area (Å²) in [4.78, 5) is 22.4. The third-order valence-corrected chi connectivity index (χ3v) is 2.82. The number of carbonyl (C=O) groups is 2. The van der Waals surface area contributed by atoms with Crippen LogP contribution in [0.3, 0.4) is 0 Å². The van der Waals surface area contributed by atoms with E-state index in [0.717, 1.165) is 6.08 Å². The number of aromatic hydroxyl groups is 3. The van der Waals surface area contributed by atoms with E-state index in [1.807, 2.05) is 0 Å². The molecule has 7 heteroatoms. The molecule has 0 saturated carbocycles. The Kier molecular flexibility index (Phi) is 6.00. The van der Waals surface area contributed by atoms with Crippen molar-refractivity contribution in [1.82, 2.24) is 10.6 Å². The molecule has 0 atom stereocenters. The van der Waals surface area contributed by atoms with E-state index < -0.39 is 23.2 Å². The van der Waals surface area contributed by atoms with Gasteiger partial charge in [0.25, 0.3) is 0 Å². The van der Waals surface area contributed by atoms with E-state index in [0.29, 0.717) is 5.56 Å². The minimum atomic E-state index is -0.619. The Labute approximate surface area is 127 Å². The third-order valence-electron chi connectivity index (χ3n) is 2.82. The molecule has 0 fully saturated rings. The van der Waals surface area contributed by atoms with Crippen molar-refractivity contribution in [3.05, 3.63) is 42.0 Å². The Morgan fingerprint density at radius 2 is 1.82 bits per heavy atom. The van der Waals surface area contributed by atoms with E-state index in [9.17, 15) is 24.9 Å². The molecule has 0 aliphatic rings. The molecule has 1 aromatic rings. The lowest BCUT2D eigenvalue weighted by Gasteiger charge is -2.10. The van der Waals surface area contributed by atoms with Crippen LogP contribution in [0.5, 0.6) is 17.2 Å². The molecule has 0 heterocycles. The molecule has 7 nitrogen and oxygen atoms in total. The number of rotatable bonds is 6. The average Bonchev–Trinajstić information content (AvgIpc) is 2.51. The lowest BCUT2D eigenvalue weighted by Crippen LogP contribution is -2.23. The quantitative estimate of drug-likeness (QED) is 0.389. The normalized spacial score (nSPS) is 10.4. The average molecular weight is 306 g/mol. The first-order valence-corrected chi connectivity index (χ1v) is 6.44. The van der Waals surface area contributed by atoms with Gasteiger partial charge in [0.05, 0.1) is 0 Å². The van der Waals surface area contributed by atoms with Gasteiger partial charge in [-0.05, 0) is 24.6 Å². The van der Waals surface area contributed by atoms with E-state index in [4.69, 9.17) is 0 Å². The van der Waals surface area contributed by atoms with Crippen molar-refractivity contribution >= 4 is 11.8 Å². The van der Waals surface area contributed by atoms with Gasteiger partial charge < -0.3 is 26.0 Å². The van der Waals surface area contributed by atoms with Gasteiger partial charge in [0.1, 0.15) is 0 Å². The smallest absolute Gasteiger partial charge is 0.243 e. The summed E-state index contributed by atoms with van der Waals surface area (Å²) in [7, 11) is 0. The summed E-state index contributed by atoms with van der Waals surface area (Å²) in [5.41, 5.74) is 0.650. The van der Waals surface area contributed by atoms with E-state index in [1.54, 1.807) is 6.92 Å². The van der Waals surface area contributed by atoms with E-state index in [1.165, 1.54) is 18.2 Å². The molecule has 0 unspecified atom stereocenters. The second-order valence-electron chi connectivity index (χ2n) is 4.47. The summed E-state index contributed by atoms with van der Waals surface area (Å²) in [5, 5.41) is 33.6. The predicted molar refractivity (Wildman–Crippen MR) is 80.4 cm³/mol. The lowest BCUT2D eigenvalue weighted by atomic mass is 10.1. The summed E-state index contributed by atoms with van der Waals surface area (Å²) in [6.45, 7) is 5.00. The molecule has 22 heavy (non-hydrogen) atoms. The van der Waals surface area contributed by atoms with Gasteiger partial charge in [-0.2, -0.15) is 0 Å². The molecular formula is C15H18N2O5. The highest BCUT2D eigenvalue weighted by Gasteiger charge is 2.14. The lowest BCUT2D eigenvalue weighted by molar-refractivity contribution is -0.117. The minimum absolute atomic E-state index is 0.0251. The molecule has 0 spiro atoms. The van der Waals surface area contributed by atoms with Crippen LogP contribution in [-0.2, 0) is 16.1 Å². The topological polar surface area (TPSA) is 119 Å². The zero-order chi connectivity index (χ0) is 16.7. The highest BCUT2D eigenvalue weighted by molar-refractivity contribution is 5.88. The summed E-state index contributed by atoms with van der Waals surface area (Å²) in [5.74, 6) is -2.27. The van der Waals surface area contributed by atoms with E-state index in [-0.39, 0.29) is 24.6 Å². The first-order valence-electron chi connectivity index (χ1n) is 6.44. The van der Waals surface area contributed by atoms with Crippen molar-refractivity contribution in [2.45, 2.75) is 13.5 Å². The number of hydrogen-bond acceptors (Lipinski definition) is 5. The number of amides is 2. The number of aryl methyl sites for hydroxylation is 1. The number of benzene rings is 1. The van der Waals surface area contributed by atoms with Gasteiger partial charge in [-0.3, -0.25) is 9.59 Å². The van der Waals surface area contributed by atoms with E-state index >= 15 is 0 Å². The van der Waals surface area contributed by atoms with Crippen molar-refractivity contribution in [3.63, 3.8) is 0 Å². The fourth-order valence-corrected chi connectivity index (χ4v) is 1.62. The fourth-order valence-electron chi connectivity index (χ4n) is 1.62. The SMILES string of the molecule is C=CC(=O)NC/C=C/C(=O)NCc1cc(C)c(O)c(O)c1O. The Morgan fingerprint density at radius 1 is 1.14 bits per heavy atom. The molecule has 0 radical (unpaired) electrons. The zero-order valence-corrected chi connectivity index (χ0v) is 12.1. The fraction of sp³-hybridized carbons (Fsp3) is 0.200. The molecule has 0 aliphatic heterocycles. The Balaban J connectivity index is 2.56.